The van der Waals surface area contributed by atoms with Crippen LogP contribution < -0.4 is 5.32 Å². The Morgan fingerprint density at radius 2 is 1.78 bits per heavy atom. The molecule has 52 valence electrons. The Hall–Kier alpha value is 0.110. The zero-order valence-electron chi connectivity index (χ0n) is 5.30. The van der Waals surface area contributed by atoms with Crippen LogP contribution in [-0.2, 0) is 10.8 Å². The Kier molecular flexibility index (Phi) is 1.34. The molecule has 2 nitrogen and oxygen atoms in total. The van der Waals surface area contributed by atoms with Gasteiger partial charge in [0.25, 0.3) is 0 Å². The van der Waals surface area contributed by atoms with Gasteiger partial charge in [0.1, 0.15) is 0 Å². The Labute approximate surface area is 57.5 Å². The molecule has 9 heavy (non-hydrogen) atoms. The maximum absolute atomic E-state index is 11.3. The minimum atomic E-state index is -0.481. The number of rotatable bonds is 0. The van der Waals surface area contributed by atoms with Crippen molar-refractivity contribution < 1.29 is 4.21 Å². The summed E-state index contributed by atoms with van der Waals surface area (Å²) in [5.74, 6) is 0. The molecule has 0 aliphatic carbocycles. The Morgan fingerprint density at radius 3 is 2.22 bits per heavy atom. The lowest BCUT2D eigenvalue weighted by Crippen LogP contribution is -2.40. The van der Waals surface area contributed by atoms with Crippen LogP contribution in [0.15, 0.2) is 0 Å². The normalized spacial score (nSPS) is 49.6. The predicted molar refractivity (Wildman–Crippen MR) is 37.8 cm³/mol. The van der Waals surface area contributed by atoms with Crippen LogP contribution in [0.5, 0.6) is 0 Å². The van der Waals surface area contributed by atoms with Crippen LogP contribution in [0, 0.1) is 0 Å². The van der Waals surface area contributed by atoms with Crippen LogP contribution in [0.3, 0.4) is 0 Å². The smallest absolute Gasteiger partial charge is 0.0476 e. The first kappa shape index (κ1) is 5.86. The first-order valence-electron chi connectivity index (χ1n) is 3.48. The van der Waals surface area contributed by atoms with Crippen LogP contribution in [0.25, 0.3) is 0 Å². The van der Waals surface area contributed by atoms with E-state index in [4.69, 9.17) is 0 Å². The van der Waals surface area contributed by atoms with E-state index in [9.17, 15) is 4.21 Å². The number of fused-ring (bicyclic) bond motifs is 2. The molecule has 0 saturated carbocycles. The molecular weight excluding hydrogens is 134 g/mol. The topological polar surface area (TPSA) is 29.1 Å². The molecule has 0 aromatic rings. The summed E-state index contributed by atoms with van der Waals surface area (Å²) in [6, 6.07) is 0. The molecule has 2 heterocycles. The largest absolute Gasteiger partial charge is 0.314 e. The minimum absolute atomic E-state index is 0.481. The van der Waals surface area contributed by atoms with Crippen molar-refractivity contribution in [1.29, 1.82) is 0 Å². The third-order valence-corrected chi connectivity index (χ3v) is 4.33. The molecule has 2 saturated heterocycles. The van der Waals surface area contributed by atoms with Gasteiger partial charge in [-0.05, 0) is 12.8 Å². The fourth-order valence-corrected chi connectivity index (χ4v) is 3.50. The molecule has 2 atom stereocenters. The first-order valence-corrected chi connectivity index (χ1v) is 4.75. The number of hydrogen-bond donors (Lipinski definition) is 1. The molecule has 2 bridgehead atoms. The van der Waals surface area contributed by atoms with Crippen molar-refractivity contribution in [3.05, 3.63) is 0 Å². The summed E-state index contributed by atoms with van der Waals surface area (Å²) in [4.78, 5) is 0. The van der Waals surface area contributed by atoms with Gasteiger partial charge in [0, 0.05) is 34.4 Å². The number of nitrogens with one attached hydrogen (secondary N) is 1. The van der Waals surface area contributed by atoms with Gasteiger partial charge >= 0.3 is 0 Å². The average molecular weight is 145 g/mol. The van der Waals surface area contributed by atoms with E-state index in [-0.39, 0.29) is 0 Å². The van der Waals surface area contributed by atoms with Gasteiger partial charge in [-0.15, -0.1) is 0 Å². The van der Waals surface area contributed by atoms with Gasteiger partial charge in [0.2, 0.25) is 0 Å². The van der Waals surface area contributed by atoms with E-state index in [1.165, 1.54) is 12.8 Å². The second-order valence-electron chi connectivity index (χ2n) is 2.81. The zero-order chi connectivity index (χ0) is 6.27. The summed E-state index contributed by atoms with van der Waals surface area (Å²) in [5.41, 5.74) is 0. The van der Waals surface area contributed by atoms with Gasteiger partial charge in [-0.3, -0.25) is 4.21 Å². The van der Waals surface area contributed by atoms with Gasteiger partial charge in [-0.1, -0.05) is 0 Å². The van der Waals surface area contributed by atoms with Gasteiger partial charge in [0.15, 0.2) is 0 Å². The molecule has 3 heteroatoms. The van der Waals surface area contributed by atoms with Crippen molar-refractivity contribution in [2.45, 2.75) is 23.3 Å². The Morgan fingerprint density at radius 1 is 1.22 bits per heavy atom. The van der Waals surface area contributed by atoms with Gasteiger partial charge < -0.3 is 5.32 Å². The van der Waals surface area contributed by atoms with E-state index in [1.807, 2.05) is 0 Å². The monoisotopic (exact) mass is 145 g/mol. The van der Waals surface area contributed by atoms with E-state index >= 15 is 0 Å². The molecule has 2 fully saturated rings. The molecular formula is C6H11NOS. The Bertz CT molecular complexity index is 130. The molecule has 0 aromatic carbocycles. The molecule has 2 unspecified atom stereocenters. The van der Waals surface area contributed by atoms with Gasteiger partial charge in [-0.25, -0.2) is 0 Å². The highest BCUT2D eigenvalue weighted by Crippen LogP contribution is 2.25. The summed E-state index contributed by atoms with van der Waals surface area (Å²) in [7, 11) is -0.481. The number of hydrogen-bond acceptors (Lipinski definition) is 2. The van der Waals surface area contributed by atoms with Gasteiger partial charge in [0.05, 0.1) is 0 Å². The molecule has 2 rings (SSSR count). The SMILES string of the molecule is O=S1C2CCC1CNC2. The lowest BCUT2D eigenvalue weighted by Gasteiger charge is -2.18. The third-order valence-electron chi connectivity index (χ3n) is 2.21. The second-order valence-corrected chi connectivity index (χ2v) is 4.80. The summed E-state index contributed by atoms with van der Waals surface area (Å²) >= 11 is 0. The predicted octanol–water partition coefficient (Wildman–Crippen LogP) is -0.131. The fourth-order valence-electron chi connectivity index (χ4n) is 1.65. The highest BCUT2D eigenvalue weighted by Gasteiger charge is 2.35. The van der Waals surface area contributed by atoms with Crippen LogP contribution >= 0.6 is 0 Å². The average Bonchev–Trinajstić information content (AvgIpc) is 2.19. The Balaban J connectivity index is 2.19. The maximum Gasteiger partial charge on any atom is 0.0476 e. The minimum Gasteiger partial charge on any atom is -0.314 e. The maximum atomic E-state index is 11.3. The summed E-state index contributed by atoms with van der Waals surface area (Å²) in [5, 5.41) is 4.26. The van der Waals surface area contributed by atoms with Crippen molar-refractivity contribution in [3.8, 4) is 0 Å². The van der Waals surface area contributed by atoms with E-state index < -0.39 is 10.8 Å². The molecule has 0 radical (unpaired) electrons. The third kappa shape index (κ3) is 0.829. The van der Waals surface area contributed by atoms with E-state index in [2.05, 4.69) is 5.32 Å². The molecule has 2 aliphatic rings. The molecule has 0 spiro atoms. The first-order chi connectivity index (χ1) is 4.38. The van der Waals surface area contributed by atoms with Crippen molar-refractivity contribution in [1.82, 2.24) is 5.32 Å². The van der Waals surface area contributed by atoms with E-state index in [0.29, 0.717) is 10.5 Å². The quantitative estimate of drug-likeness (QED) is 0.514. The van der Waals surface area contributed by atoms with Crippen LogP contribution in [-0.4, -0.2) is 27.8 Å². The van der Waals surface area contributed by atoms with Crippen molar-refractivity contribution in [2.75, 3.05) is 13.1 Å². The lowest BCUT2D eigenvalue weighted by atomic mass is 10.2. The summed E-state index contributed by atoms with van der Waals surface area (Å²) < 4.78 is 11.3. The van der Waals surface area contributed by atoms with Crippen molar-refractivity contribution >= 4 is 10.8 Å². The van der Waals surface area contributed by atoms with Crippen molar-refractivity contribution in [2.24, 2.45) is 0 Å². The van der Waals surface area contributed by atoms with E-state index in [1.54, 1.807) is 0 Å². The summed E-state index contributed by atoms with van der Waals surface area (Å²) in [6.45, 7) is 1.98. The van der Waals surface area contributed by atoms with Crippen LogP contribution in [0.1, 0.15) is 12.8 Å². The lowest BCUT2D eigenvalue weighted by molar-refractivity contribution is 0.624. The van der Waals surface area contributed by atoms with Gasteiger partial charge in [-0.2, -0.15) is 0 Å². The molecule has 2 aliphatic heterocycles. The highest BCUT2D eigenvalue weighted by molar-refractivity contribution is 7.86. The molecule has 1 N–H and O–H groups in total. The van der Waals surface area contributed by atoms with E-state index in [0.717, 1.165) is 13.1 Å². The standard InChI is InChI=1S/C6H11NOS/c8-9-5-1-2-6(9)4-7-3-5/h5-7H,1-4H2. The summed E-state index contributed by atoms with van der Waals surface area (Å²) in [6.07, 6.45) is 2.37. The van der Waals surface area contributed by atoms with Crippen molar-refractivity contribution in [3.63, 3.8) is 0 Å². The molecule has 0 amide bonds. The van der Waals surface area contributed by atoms with Crippen LogP contribution in [0.2, 0.25) is 0 Å². The highest BCUT2D eigenvalue weighted by atomic mass is 32.2. The zero-order valence-corrected chi connectivity index (χ0v) is 6.12. The van der Waals surface area contributed by atoms with Crippen LogP contribution in [0.4, 0.5) is 0 Å². The second kappa shape index (κ2) is 2.06. The fraction of sp³-hybridized carbons (Fsp3) is 1.00. The molecule has 0 aromatic heterocycles.